The zero-order valence-corrected chi connectivity index (χ0v) is 13.3. The molecule has 0 aromatic rings. The van der Waals surface area contributed by atoms with Gasteiger partial charge >= 0.3 is 0 Å². The van der Waals surface area contributed by atoms with E-state index in [4.69, 9.17) is 15.7 Å². The molecule has 0 aromatic carbocycles. The third kappa shape index (κ3) is 12.2. The summed E-state index contributed by atoms with van der Waals surface area (Å²) in [5.41, 5.74) is 5.51. The zero-order chi connectivity index (χ0) is 15.1. The number of hydrogen-bond acceptors (Lipinski definition) is 4. The van der Waals surface area contributed by atoms with Crippen molar-refractivity contribution in [3.8, 4) is 0 Å². The molecule has 0 aliphatic rings. The van der Waals surface area contributed by atoms with Gasteiger partial charge in [-0.05, 0) is 13.0 Å². The summed E-state index contributed by atoms with van der Waals surface area (Å²) in [7, 11) is 1.72. The fraction of sp³-hybridized carbons (Fsp3) is 0.933. The Morgan fingerprint density at radius 1 is 1.05 bits per heavy atom. The van der Waals surface area contributed by atoms with E-state index in [0.29, 0.717) is 12.3 Å². The normalized spacial score (nSPS) is 12.2. The molecule has 0 fully saturated rings. The van der Waals surface area contributed by atoms with Crippen LogP contribution in [0.15, 0.2) is 5.16 Å². The lowest BCUT2D eigenvalue weighted by Gasteiger charge is -2.21. The molecule has 20 heavy (non-hydrogen) atoms. The van der Waals surface area contributed by atoms with Crippen molar-refractivity contribution in [2.75, 3.05) is 33.4 Å². The molecular formula is C15H33N3O2. The lowest BCUT2D eigenvalue weighted by molar-refractivity contribution is 0.147. The SMILES string of the molecule is CCCCCCCCCN(CCOC)CCC(N)=NO. The number of amidine groups is 1. The van der Waals surface area contributed by atoms with Crippen LogP contribution in [0.1, 0.15) is 58.3 Å². The number of unbranched alkanes of at least 4 members (excludes halogenated alkanes) is 6. The highest BCUT2D eigenvalue weighted by Gasteiger charge is 2.05. The summed E-state index contributed by atoms with van der Waals surface area (Å²) < 4.78 is 5.12. The molecule has 0 aromatic heterocycles. The molecule has 5 nitrogen and oxygen atoms in total. The van der Waals surface area contributed by atoms with Crippen LogP contribution in [0.25, 0.3) is 0 Å². The second-order valence-corrected chi connectivity index (χ2v) is 5.30. The fourth-order valence-corrected chi connectivity index (χ4v) is 2.17. The van der Waals surface area contributed by atoms with Crippen molar-refractivity contribution >= 4 is 5.84 Å². The van der Waals surface area contributed by atoms with Gasteiger partial charge in [0.25, 0.3) is 0 Å². The third-order valence-corrected chi connectivity index (χ3v) is 3.50. The van der Waals surface area contributed by atoms with Gasteiger partial charge in [0.05, 0.1) is 6.61 Å². The average Bonchev–Trinajstić information content (AvgIpc) is 2.47. The summed E-state index contributed by atoms with van der Waals surface area (Å²) in [5, 5.41) is 11.6. The molecule has 0 saturated carbocycles. The molecule has 5 heteroatoms. The molecule has 0 unspecified atom stereocenters. The summed E-state index contributed by atoms with van der Waals surface area (Å²) >= 11 is 0. The number of oxime groups is 1. The maximum atomic E-state index is 8.56. The van der Waals surface area contributed by atoms with Crippen molar-refractivity contribution in [3.05, 3.63) is 0 Å². The lowest BCUT2D eigenvalue weighted by Crippen LogP contribution is -2.32. The number of ether oxygens (including phenoxy) is 1. The van der Waals surface area contributed by atoms with Crippen molar-refractivity contribution in [2.45, 2.75) is 58.3 Å². The van der Waals surface area contributed by atoms with E-state index >= 15 is 0 Å². The fourth-order valence-electron chi connectivity index (χ4n) is 2.17. The number of rotatable bonds is 14. The molecule has 0 bridgehead atoms. The van der Waals surface area contributed by atoms with E-state index < -0.39 is 0 Å². The van der Waals surface area contributed by atoms with Gasteiger partial charge in [0.2, 0.25) is 0 Å². The van der Waals surface area contributed by atoms with Gasteiger partial charge in [-0.2, -0.15) is 0 Å². The number of nitrogens with zero attached hydrogens (tertiary/aromatic N) is 2. The molecule has 0 rings (SSSR count). The summed E-state index contributed by atoms with van der Waals surface area (Å²) in [4.78, 5) is 2.33. The minimum Gasteiger partial charge on any atom is -0.409 e. The second kappa shape index (κ2) is 14.6. The number of nitrogens with two attached hydrogens (primary N) is 1. The van der Waals surface area contributed by atoms with E-state index in [-0.39, 0.29) is 0 Å². The third-order valence-electron chi connectivity index (χ3n) is 3.50. The van der Waals surface area contributed by atoms with Crippen LogP contribution < -0.4 is 5.73 Å². The van der Waals surface area contributed by atoms with E-state index in [9.17, 15) is 0 Å². The zero-order valence-electron chi connectivity index (χ0n) is 13.3. The van der Waals surface area contributed by atoms with Crippen LogP contribution >= 0.6 is 0 Å². The Morgan fingerprint density at radius 3 is 2.30 bits per heavy atom. The van der Waals surface area contributed by atoms with Crippen molar-refractivity contribution in [3.63, 3.8) is 0 Å². The van der Waals surface area contributed by atoms with Crippen LogP contribution in [0, 0.1) is 0 Å². The average molecular weight is 287 g/mol. The van der Waals surface area contributed by atoms with Crippen LogP contribution in [0.2, 0.25) is 0 Å². The first-order valence-electron chi connectivity index (χ1n) is 7.92. The van der Waals surface area contributed by atoms with Gasteiger partial charge in [0, 0.05) is 26.6 Å². The van der Waals surface area contributed by atoms with Crippen molar-refractivity contribution in [2.24, 2.45) is 10.9 Å². The Labute approximate surface area is 124 Å². The minimum atomic E-state index is 0.298. The first-order valence-corrected chi connectivity index (χ1v) is 7.92. The Bertz CT molecular complexity index is 235. The molecule has 0 aliphatic carbocycles. The highest BCUT2D eigenvalue weighted by molar-refractivity contribution is 5.79. The van der Waals surface area contributed by atoms with Gasteiger partial charge < -0.3 is 20.6 Å². The van der Waals surface area contributed by atoms with Gasteiger partial charge in [0.1, 0.15) is 5.84 Å². The number of hydrogen-bond donors (Lipinski definition) is 2. The molecule has 3 N–H and O–H groups in total. The molecule has 0 heterocycles. The van der Waals surface area contributed by atoms with E-state index in [1.54, 1.807) is 7.11 Å². The topological polar surface area (TPSA) is 71.1 Å². The Morgan fingerprint density at radius 2 is 1.70 bits per heavy atom. The smallest absolute Gasteiger partial charge is 0.140 e. The van der Waals surface area contributed by atoms with Gasteiger partial charge in [-0.15, -0.1) is 0 Å². The second-order valence-electron chi connectivity index (χ2n) is 5.30. The largest absolute Gasteiger partial charge is 0.409 e. The monoisotopic (exact) mass is 287 g/mol. The predicted octanol–water partition coefficient (Wildman–Crippen LogP) is 2.82. The summed E-state index contributed by atoms with van der Waals surface area (Å²) in [6, 6.07) is 0. The molecule has 0 saturated heterocycles. The molecule has 0 radical (unpaired) electrons. The van der Waals surface area contributed by atoms with Gasteiger partial charge in [0.15, 0.2) is 0 Å². The Hall–Kier alpha value is -0.810. The predicted molar refractivity (Wildman–Crippen MR) is 84.3 cm³/mol. The van der Waals surface area contributed by atoms with Crippen LogP contribution in [0.3, 0.4) is 0 Å². The van der Waals surface area contributed by atoms with E-state index in [0.717, 1.165) is 26.2 Å². The molecular weight excluding hydrogens is 254 g/mol. The molecule has 0 spiro atoms. The summed E-state index contributed by atoms with van der Waals surface area (Å²) in [5.74, 6) is 0.298. The first kappa shape index (κ1) is 19.2. The van der Waals surface area contributed by atoms with Crippen molar-refractivity contribution < 1.29 is 9.94 Å². The highest BCUT2D eigenvalue weighted by Crippen LogP contribution is 2.07. The first-order chi connectivity index (χ1) is 9.74. The van der Waals surface area contributed by atoms with Crippen molar-refractivity contribution in [1.82, 2.24) is 4.90 Å². The summed E-state index contributed by atoms with van der Waals surface area (Å²) in [6.45, 7) is 5.78. The molecule has 0 amide bonds. The van der Waals surface area contributed by atoms with Crippen LogP contribution in [0.4, 0.5) is 0 Å². The minimum absolute atomic E-state index is 0.298. The van der Waals surface area contributed by atoms with Crippen LogP contribution in [0.5, 0.6) is 0 Å². The Kier molecular flexibility index (Phi) is 14.0. The molecule has 120 valence electrons. The standard InChI is InChI=1S/C15H33N3O2/c1-3-4-5-6-7-8-9-11-18(13-14-20-2)12-10-15(16)17-19/h19H,3-14H2,1-2H3,(H2,16,17). The highest BCUT2D eigenvalue weighted by atomic mass is 16.5. The van der Waals surface area contributed by atoms with E-state index in [1.165, 1.54) is 44.9 Å². The number of methoxy groups -OCH3 is 1. The van der Waals surface area contributed by atoms with Gasteiger partial charge in [-0.25, -0.2) is 0 Å². The van der Waals surface area contributed by atoms with Crippen molar-refractivity contribution in [1.29, 1.82) is 0 Å². The maximum absolute atomic E-state index is 8.56. The Balaban J connectivity index is 3.69. The lowest BCUT2D eigenvalue weighted by atomic mass is 10.1. The van der Waals surface area contributed by atoms with Crippen LogP contribution in [-0.2, 0) is 4.74 Å². The van der Waals surface area contributed by atoms with Gasteiger partial charge in [-0.3, -0.25) is 0 Å². The van der Waals surface area contributed by atoms with E-state index in [1.807, 2.05) is 0 Å². The molecule has 0 atom stereocenters. The summed E-state index contributed by atoms with van der Waals surface area (Å²) in [6.07, 6.45) is 9.83. The maximum Gasteiger partial charge on any atom is 0.140 e. The van der Waals surface area contributed by atoms with Crippen LogP contribution in [-0.4, -0.2) is 49.3 Å². The molecule has 0 aliphatic heterocycles. The quantitative estimate of drug-likeness (QED) is 0.169. The van der Waals surface area contributed by atoms with Gasteiger partial charge in [-0.1, -0.05) is 50.6 Å². The van der Waals surface area contributed by atoms with E-state index in [2.05, 4.69) is 17.0 Å².